The minimum Gasteiger partial charge on any atom is -0.493 e. The molecule has 236 valence electrons. The summed E-state index contributed by atoms with van der Waals surface area (Å²) in [6.45, 7) is 5.33. The van der Waals surface area contributed by atoms with Gasteiger partial charge in [-0.1, -0.05) is 61.7 Å². The molecular weight excluding hydrogens is 578 g/mol. The van der Waals surface area contributed by atoms with Gasteiger partial charge in [0.05, 0.1) is 24.8 Å². The second-order valence-corrected chi connectivity index (χ2v) is 13.1. The van der Waals surface area contributed by atoms with Gasteiger partial charge in [0.15, 0.2) is 11.5 Å². The number of hydrogen-bond donors (Lipinski definition) is 1. The lowest BCUT2D eigenvalue weighted by molar-refractivity contribution is -0.140. The standard InChI is InChI=1S/C34H43N3O6S/c1-6-30(34(39)35-27-13-9-10-14-27)36(22-26-12-8-7-11-25(26)3)33(38)23-37(28-17-20-31(42-4)32(21-28)43-5)44(40,41)29-18-15-24(2)16-19-29/h7-8,11-12,15-21,27,30H,6,9-10,13-14,22-23H2,1-5H3,(H,35,39). The van der Waals surface area contributed by atoms with Crippen molar-refractivity contribution in [3.63, 3.8) is 0 Å². The molecule has 0 heterocycles. The fourth-order valence-electron chi connectivity index (χ4n) is 5.60. The number of carbonyl (C=O) groups is 2. The maximum absolute atomic E-state index is 14.4. The summed E-state index contributed by atoms with van der Waals surface area (Å²) in [5.74, 6) is 0.0271. The minimum absolute atomic E-state index is 0.0437. The highest BCUT2D eigenvalue weighted by Crippen LogP contribution is 2.34. The number of nitrogens with one attached hydrogen (secondary N) is 1. The summed E-state index contributed by atoms with van der Waals surface area (Å²) in [6, 6.07) is 18.2. The summed E-state index contributed by atoms with van der Waals surface area (Å²) in [4.78, 5) is 29.6. The second-order valence-electron chi connectivity index (χ2n) is 11.2. The molecule has 1 fully saturated rings. The molecule has 10 heteroatoms. The van der Waals surface area contributed by atoms with E-state index in [4.69, 9.17) is 9.47 Å². The number of ether oxygens (including phenoxy) is 2. The Balaban J connectivity index is 1.76. The van der Waals surface area contributed by atoms with E-state index in [0.717, 1.165) is 46.7 Å². The van der Waals surface area contributed by atoms with Crippen molar-refractivity contribution in [1.82, 2.24) is 10.2 Å². The second kappa shape index (κ2) is 14.6. The quantitative estimate of drug-likeness (QED) is 0.275. The smallest absolute Gasteiger partial charge is 0.264 e. The van der Waals surface area contributed by atoms with Crippen LogP contribution in [0.1, 0.15) is 55.7 Å². The number of anilines is 1. The maximum atomic E-state index is 14.4. The molecular formula is C34H43N3O6S. The molecule has 0 aliphatic heterocycles. The van der Waals surface area contributed by atoms with Crippen LogP contribution in [0, 0.1) is 13.8 Å². The van der Waals surface area contributed by atoms with Gasteiger partial charge in [-0.2, -0.15) is 0 Å². The van der Waals surface area contributed by atoms with Gasteiger partial charge < -0.3 is 19.7 Å². The average Bonchev–Trinajstić information content (AvgIpc) is 3.53. The Morgan fingerprint density at radius 1 is 0.932 bits per heavy atom. The highest BCUT2D eigenvalue weighted by molar-refractivity contribution is 7.92. The van der Waals surface area contributed by atoms with Gasteiger partial charge in [-0.25, -0.2) is 8.42 Å². The minimum atomic E-state index is -4.21. The van der Waals surface area contributed by atoms with Crippen molar-refractivity contribution in [3.8, 4) is 11.5 Å². The number of rotatable bonds is 13. The number of sulfonamides is 1. The summed E-state index contributed by atoms with van der Waals surface area (Å²) in [5.41, 5.74) is 2.99. The summed E-state index contributed by atoms with van der Waals surface area (Å²) in [6.07, 6.45) is 4.32. The van der Waals surface area contributed by atoms with Gasteiger partial charge in [0.2, 0.25) is 11.8 Å². The molecule has 1 aliphatic carbocycles. The lowest BCUT2D eigenvalue weighted by Crippen LogP contribution is -2.53. The van der Waals surface area contributed by atoms with E-state index < -0.39 is 28.5 Å². The third-order valence-electron chi connectivity index (χ3n) is 8.23. The van der Waals surface area contributed by atoms with E-state index in [2.05, 4.69) is 5.32 Å². The van der Waals surface area contributed by atoms with Crippen molar-refractivity contribution in [2.75, 3.05) is 25.1 Å². The molecule has 0 bridgehead atoms. The zero-order valence-corrected chi connectivity index (χ0v) is 27.0. The van der Waals surface area contributed by atoms with Gasteiger partial charge in [0.25, 0.3) is 10.0 Å². The first-order valence-electron chi connectivity index (χ1n) is 15.0. The molecule has 2 amide bonds. The topological polar surface area (TPSA) is 105 Å². The summed E-state index contributed by atoms with van der Waals surface area (Å²) in [5, 5.41) is 3.14. The average molecular weight is 622 g/mol. The van der Waals surface area contributed by atoms with E-state index in [0.29, 0.717) is 17.9 Å². The Bertz CT molecular complexity index is 1550. The fourth-order valence-corrected chi connectivity index (χ4v) is 7.01. The van der Waals surface area contributed by atoms with Crippen molar-refractivity contribution >= 4 is 27.5 Å². The summed E-state index contributed by atoms with van der Waals surface area (Å²) in [7, 11) is -1.25. The van der Waals surface area contributed by atoms with Crippen LogP contribution in [0.3, 0.4) is 0 Å². The van der Waals surface area contributed by atoms with Crippen LogP contribution >= 0.6 is 0 Å². The third-order valence-corrected chi connectivity index (χ3v) is 10.0. The molecule has 3 aromatic carbocycles. The molecule has 3 aromatic rings. The van der Waals surface area contributed by atoms with Gasteiger partial charge in [-0.15, -0.1) is 0 Å². The first-order chi connectivity index (χ1) is 21.1. The van der Waals surface area contributed by atoms with E-state index in [-0.39, 0.29) is 29.1 Å². The molecule has 4 rings (SSSR count). The van der Waals surface area contributed by atoms with Crippen molar-refractivity contribution in [3.05, 3.63) is 83.4 Å². The van der Waals surface area contributed by atoms with Crippen molar-refractivity contribution in [1.29, 1.82) is 0 Å². The molecule has 44 heavy (non-hydrogen) atoms. The SMILES string of the molecule is CCC(C(=O)NC1CCCC1)N(Cc1ccccc1C)C(=O)CN(c1ccc(OC)c(OC)c1)S(=O)(=O)c1ccc(C)cc1. The molecule has 1 saturated carbocycles. The highest BCUT2D eigenvalue weighted by Gasteiger charge is 2.35. The summed E-state index contributed by atoms with van der Waals surface area (Å²) < 4.78 is 40.3. The van der Waals surface area contributed by atoms with Crippen LogP contribution in [0.2, 0.25) is 0 Å². The number of carbonyl (C=O) groups excluding carboxylic acids is 2. The Hall–Kier alpha value is -4.05. The van der Waals surface area contributed by atoms with Crippen LogP contribution in [-0.4, -0.2) is 58.0 Å². The van der Waals surface area contributed by atoms with Gasteiger partial charge in [-0.3, -0.25) is 13.9 Å². The van der Waals surface area contributed by atoms with Crippen molar-refractivity contribution < 1.29 is 27.5 Å². The first-order valence-corrected chi connectivity index (χ1v) is 16.5. The van der Waals surface area contributed by atoms with Crippen LogP contribution in [0.15, 0.2) is 71.6 Å². The monoisotopic (exact) mass is 621 g/mol. The Morgan fingerprint density at radius 2 is 1.59 bits per heavy atom. The van der Waals surface area contributed by atoms with E-state index in [1.165, 1.54) is 37.3 Å². The van der Waals surface area contributed by atoms with Gasteiger partial charge in [0.1, 0.15) is 12.6 Å². The van der Waals surface area contributed by atoms with Crippen LogP contribution in [-0.2, 0) is 26.2 Å². The summed E-state index contributed by atoms with van der Waals surface area (Å²) >= 11 is 0. The molecule has 0 saturated heterocycles. The molecule has 9 nitrogen and oxygen atoms in total. The van der Waals surface area contributed by atoms with Gasteiger partial charge in [-0.05, 0) is 68.5 Å². The molecule has 0 spiro atoms. The highest BCUT2D eigenvalue weighted by atomic mass is 32.2. The van der Waals surface area contributed by atoms with E-state index in [9.17, 15) is 18.0 Å². The van der Waals surface area contributed by atoms with Crippen molar-refractivity contribution in [2.24, 2.45) is 0 Å². The van der Waals surface area contributed by atoms with Crippen molar-refractivity contribution in [2.45, 2.75) is 76.4 Å². The fraction of sp³-hybridized carbons (Fsp3) is 0.412. The lowest BCUT2D eigenvalue weighted by atomic mass is 10.1. The number of nitrogens with zero attached hydrogens (tertiary/aromatic N) is 2. The largest absolute Gasteiger partial charge is 0.493 e. The van der Waals surface area contributed by atoms with Crippen LogP contribution in [0.5, 0.6) is 11.5 Å². The van der Waals surface area contributed by atoms with Crippen LogP contribution in [0.25, 0.3) is 0 Å². The van der Waals surface area contributed by atoms with E-state index >= 15 is 0 Å². The zero-order valence-electron chi connectivity index (χ0n) is 26.2. The Kier molecular flexibility index (Phi) is 10.9. The molecule has 1 atom stereocenters. The van der Waals surface area contributed by atoms with Crippen LogP contribution in [0.4, 0.5) is 5.69 Å². The van der Waals surface area contributed by atoms with E-state index in [1.807, 2.05) is 45.0 Å². The number of benzene rings is 3. The molecule has 1 N–H and O–H groups in total. The number of aryl methyl sites for hydroxylation is 2. The Morgan fingerprint density at radius 3 is 2.20 bits per heavy atom. The van der Waals surface area contributed by atoms with Crippen LogP contribution < -0.4 is 19.1 Å². The number of hydrogen-bond acceptors (Lipinski definition) is 6. The predicted molar refractivity (Wildman–Crippen MR) is 171 cm³/mol. The molecule has 0 aromatic heterocycles. The molecule has 1 unspecified atom stereocenters. The first kappa shape index (κ1) is 32.9. The number of amides is 2. The molecule has 0 radical (unpaired) electrons. The number of methoxy groups -OCH3 is 2. The maximum Gasteiger partial charge on any atom is 0.264 e. The van der Waals surface area contributed by atoms with Gasteiger partial charge in [0, 0.05) is 18.7 Å². The Labute approximate surface area is 261 Å². The van der Waals surface area contributed by atoms with Gasteiger partial charge >= 0.3 is 0 Å². The molecule has 1 aliphatic rings. The normalized spacial score (nSPS) is 14.1. The zero-order chi connectivity index (χ0) is 31.9. The predicted octanol–water partition coefficient (Wildman–Crippen LogP) is 5.38. The third kappa shape index (κ3) is 7.53. The lowest BCUT2D eigenvalue weighted by Gasteiger charge is -2.34. The van der Waals surface area contributed by atoms with E-state index in [1.54, 1.807) is 24.3 Å².